The van der Waals surface area contributed by atoms with Crippen molar-refractivity contribution in [3.63, 3.8) is 0 Å². The maximum Gasteiger partial charge on any atom is 0.308 e. The van der Waals surface area contributed by atoms with E-state index in [0.717, 1.165) is 10.9 Å². The number of fused-ring (bicyclic) bond motifs is 1. The molecule has 0 saturated carbocycles. The molecule has 0 radical (unpaired) electrons. The Labute approximate surface area is 94.6 Å². The van der Waals surface area contributed by atoms with E-state index >= 15 is 0 Å². The number of rotatable bonds is 2. The van der Waals surface area contributed by atoms with Gasteiger partial charge in [0.2, 0.25) is 0 Å². The Morgan fingerprint density at radius 2 is 2.06 bits per heavy atom. The van der Waals surface area contributed by atoms with Crippen molar-refractivity contribution in [2.75, 3.05) is 0 Å². The predicted molar refractivity (Wildman–Crippen MR) is 63.6 cm³/mol. The molecule has 0 aliphatic carbocycles. The third-order valence-corrected chi connectivity index (χ3v) is 2.51. The van der Waals surface area contributed by atoms with Crippen LogP contribution in [0.3, 0.4) is 0 Å². The average molecular weight is 217 g/mol. The summed E-state index contributed by atoms with van der Waals surface area (Å²) >= 11 is 0. The van der Waals surface area contributed by atoms with Gasteiger partial charge in [-0.3, -0.25) is 4.79 Å². The van der Waals surface area contributed by atoms with Crippen molar-refractivity contribution in [1.29, 1.82) is 0 Å². The lowest BCUT2D eigenvalue weighted by molar-refractivity contribution is -0.131. The van der Waals surface area contributed by atoms with Crippen molar-refractivity contribution in [3.8, 4) is 5.75 Å². The van der Waals surface area contributed by atoms with Crippen LogP contribution in [0.1, 0.15) is 26.8 Å². The summed E-state index contributed by atoms with van der Waals surface area (Å²) < 4.78 is 7.23. The Kier molecular flexibility index (Phi) is 2.69. The topological polar surface area (TPSA) is 31.2 Å². The van der Waals surface area contributed by atoms with Gasteiger partial charge in [0, 0.05) is 25.2 Å². The third kappa shape index (κ3) is 1.94. The number of nitrogens with zero attached hydrogens (tertiary/aromatic N) is 1. The highest BCUT2D eigenvalue weighted by atomic mass is 16.5. The lowest BCUT2D eigenvalue weighted by Gasteiger charge is -2.10. The standard InChI is InChI=1S/C13H15NO2/c1-9(2)14-7-6-11-4-5-12(8-13(11)14)16-10(3)15/h4-9H,1-3H3. The molecule has 1 heterocycles. The fraction of sp³-hybridized carbons (Fsp3) is 0.308. The molecule has 1 aromatic heterocycles. The molecule has 2 aromatic rings. The van der Waals surface area contributed by atoms with E-state index in [2.05, 4.69) is 24.5 Å². The molecule has 0 bridgehead atoms. The zero-order valence-corrected chi connectivity index (χ0v) is 9.73. The SMILES string of the molecule is CC(=O)Oc1ccc2ccn(C(C)C)c2c1. The monoisotopic (exact) mass is 217 g/mol. The van der Waals surface area contributed by atoms with E-state index in [-0.39, 0.29) is 5.97 Å². The maximum absolute atomic E-state index is 10.9. The summed E-state index contributed by atoms with van der Waals surface area (Å²) in [6.07, 6.45) is 2.05. The van der Waals surface area contributed by atoms with Gasteiger partial charge in [-0.25, -0.2) is 0 Å². The highest BCUT2D eigenvalue weighted by Crippen LogP contribution is 2.24. The normalized spacial score (nSPS) is 11.0. The zero-order valence-electron chi connectivity index (χ0n) is 9.73. The van der Waals surface area contributed by atoms with Crippen LogP contribution >= 0.6 is 0 Å². The van der Waals surface area contributed by atoms with Gasteiger partial charge in [-0.15, -0.1) is 0 Å². The van der Waals surface area contributed by atoms with E-state index in [1.807, 2.05) is 24.4 Å². The van der Waals surface area contributed by atoms with Gasteiger partial charge in [0.15, 0.2) is 0 Å². The summed E-state index contributed by atoms with van der Waals surface area (Å²) in [6.45, 7) is 5.65. The van der Waals surface area contributed by atoms with Crippen LogP contribution in [0.2, 0.25) is 0 Å². The van der Waals surface area contributed by atoms with Gasteiger partial charge in [0.1, 0.15) is 5.75 Å². The first kappa shape index (κ1) is 10.7. The molecule has 0 aliphatic heterocycles. The quantitative estimate of drug-likeness (QED) is 0.571. The molecule has 0 spiro atoms. The van der Waals surface area contributed by atoms with Crippen LogP contribution in [0.25, 0.3) is 10.9 Å². The van der Waals surface area contributed by atoms with E-state index < -0.39 is 0 Å². The number of carbonyl (C=O) groups excluding carboxylic acids is 1. The van der Waals surface area contributed by atoms with Crippen molar-refractivity contribution in [1.82, 2.24) is 4.57 Å². The zero-order chi connectivity index (χ0) is 11.7. The van der Waals surface area contributed by atoms with Crippen LogP contribution in [0.4, 0.5) is 0 Å². The van der Waals surface area contributed by atoms with Gasteiger partial charge in [-0.1, -0.05) is 0 Å². The highest BCUT2D eigenvalue weighted by molar-refractivity contribution is 5.82. The van der Waals surface area contributed by atoms with Crippen molar-refractivity contribution in [2.45, 2.75) is 26.8 Å². The van der Waals surface area contributed by atoms with Crippen molar-refractivity contribution >= 4 is 16.9 Å². The molecule has 0 unspecified atom stereocenters. The summed E-state index contributed by atoms with van der Waals surface area (Å²) in [6, 6.07) is 8.13. The second kappa shape index (κ2) is 4.00. The second-order valence-electron chi connectivity index (χ2n) is 4.13. The molecule has 0 atom stereocenters. The van der Waals surface area contributed by atoms with E-state index in [1.165, 1.54) is 6.92 Å². The Morgan fingerprint density at radius 1 is 1.31 bits per heavy atom. The molecule has 0 saturated heterocycles. The molecule has 16 heavy (non-hydrogen) atoms. The fourth-order valence-electron chi connectivity index (χ4n) is 1.81. The van der Waals surface area contributed by atoms with Crippen LogP contribution < -0.4 is 4.74 Å². The first-order valence-electron chi connectivity index (χ1n) is 5.37. The molecule has 0 fully saturated rings. The lowest BCUT2D eigenvalue weighted by Crippen LogP contribution is -2.02. The summed E-state index contributed by atoms with van der Waals surface area (Å²) in [5.41, 5.74) is 1.09. The number of carbonyl (C=O) groups is 1. The minimum Gasteiger partial charge on any atom is -0.427 e. The molecule has 1 aromatic carbocycles. The van der Waals surface area contributed by atoms with Crippen LogP contribution in [-0.4, -0.2) is 10.5 Å². The molecular weight excluding hydrogens is 202 g/mol. The summed E-state index contributed by atoms with van der Waals surface area (Å²) in [5.74, 6) is 0.308. The van der Waals surface area contributed by atoms with E-state index in [0.29, 0.717) is 11.8 Å². The summed E-state index contributed by atoms with van der Waals surface area (Å²) in [4.78, 5) is 10.9. The molecule has 84 valence electrons. The second-order valence-corrected chi connectivity index (χ2v) is 4.13. The largest absolute Gasteiger partial charge is 0.427 e. The van der Waals surface area contributed by atoms with Crippen molar-refractivity contribution in [3.05, 3.63) is 30.5 Å². The van der Waals surface area contributed by atoms with Crippen LogP contribution in [-0.2, 0) is 4.79 Å². The lowest BCUT2D eigenvalue weighted by atomic mass is 10.2. The first-order valence-corrected chi connectivity index (χ1v) is 5.37. The van der Waals surface area contributed by atoms with Gasteiger partial charge in [-0.05, 0) is 37.4 Å². The number of hydrogen-bond acceptors (Lipinski definition) is 2. The van der Waals surface area contributed by atoms with E-state index in [1.54, 1.807) is 0 Å². The van der Waals surface area contributed by atoms with Crippen LogP contribution in [0.15, 0.2) is 30.5 Å². The van der Waals surface area contributed by atoms with Crippen molar-refractivity contribution < 1.29 is 9.53 Å². The van der Waals surface area contributed by atoms with Gasteiger partial charge >= 0.3 is 5.97 Å². The highest BCUT2D eigenvalue weighted by Gasteiger charge is 2.06. The number of esters is 1. The average Bonchev–Trinajstić information content (AvgIpc) is 2.59. The summed E-state index contributed by atoms with van der Waals surface area (Å²) in [7, 11) is 0. The number of benzene rings is 1. The van der Waals surface area contributed by atoms with Gasteiger partial charge < -0.3 is 9.30 Å². The number of aromatic nitrogens is 1. The molecule has 0 aliphatic rings. The third-order valence-electron chi connectivity index (χ3n) is 2.51. The maximum atomic E-state index is 10.9. The number of hydrogen-bond donors (Lipinski definition) is 0. The molecule has 0 N–H and O–H groups in total. The number of ether oxygens (including phenoxy) is 1. The van der Waals surface area contributed by atoms with Gasteiger partial charge in [0.25, 0.3) is 0 Å². The van der Waals surface area contributed by atoms with Crippen LogP contribution in [0.5, 0.6) is 5.75 Å². The van der Waals surface area contributed by atoms with Gasteiger partial charge in [0.05, 0.1) is 5.52 Å². The smallest absolute Gasteiger partial charge is 0.308 e. The Balaban J connectivity index is 2.50. The molecule has 2 rings (SSSR count). The van der Waals surface area contributed by atoms with Gasteiger partial charge in [-0.2, -0.15) is 0 Å². The molecule has 3 heteroatoms. The minimum absolute atomic E-state index is 0.290. The van der Waals surface area contributed by atoms with Crippen molar-refractivity contribution in [2.24, 2.45) is 0 Å². The first-order chi connectivity index (χ1) is 7.58. The van der Waals surface area contributed by atoms with E-state index in [9.17, 15) is 4.79 Å². The summed E-state index contributed by atoms with van der Waals surface area (Å²) in [5, 5.41) is 1.16. The Bertz CT molecular complexity index is 526. The van der Waals surface area contributed by atoms with E-state index in [4.69, 9.17) is 4.74 Å². The van der Waals surface area contributed by atoms with Crippen LogP contribution in [0, 0.1) is 0 Å². The minimum atomic E-state index is -0.290. The predicted octanol–water partition coefficient (Wildman–Crippen LogP) is 3.15. The molecule has 3 nitrogen and oxygen atoms in total. The Hall–Kier alpha value is -1.77. The fourth-order valence-corrected chi connectivity index (χ4v) is 1.81. The molecular formula is C13H15NO2. The Morgan fingerprint density at radius 3 is 2.69 bits per heavy atom. The molecule has 0 amide bonds.